The second-order valence-electron chi connectivity index (χ2n) is 4.55. The van der Waals surface area contributed by atoms with Crippen molar-refractivity contribution in [3.8, 4) is 0 Å². The number of benzene rings is 1. The van der Waals surface area contributed by atoms with Gasteiger partial charge in [-0.2, -0.15) is 0 Å². The quantitative estimate of drug-likeness (QED) is 0.633. The predicted molar refractivity (Wildman–Crippen MR) is 71.9 cm³/mol. The van der Waals surface area contributed by atoms with Crippen molar-refractivity contribution in [1.82, 2.24) is 4.72 Å². The first-order chi connectivity index (χ1) is 9.50. The molecule has 0 aliphatic carbocycles. The minimum Gasteiger partial charge on any atom is -0.378 e. The zero-order valence-electron chi connectivity index (χ0n) is 10.8. The Labute approximate surface area is 117 Å². The summed E-state index contributed by atoms with van der Waals surface area (Å²) in [6, 6.07) is 5.30. The Bertz CT molecular complexity index is 581. The first kappa shape index (κ1) is 14.9. The molecule has 0 radical (unpaired) electrons. The van der Waals surface area contributed by atoms with Crippen molar-refractivity contribution in [2.45, 2.75) is 30.3 Å². The van der Waals surface area contributed by atoms with Crippen LogP contribution in [0.15, 0.2) is 29.2 Å². The molecule has 1 N–H and O–H groups in total. The van der Waals surface area contributed by atoms with Gasteiger partial charge in [0, 0.05) is 19.2 Å². The minimum atomic E-state index is -3.87. The van der Waals surface area contributed by atoms with E-state index < -0.39 is 20.6 Å². The molecule has 1 aliphatic heterocycles. The Kier molecular flexibility index (Phi) is 4.69. The van der Waals surface area contributed by atoms with E-state index in [0.29, 0.717) is 13.0 Å². The molecular formula is C12H16N2O5S. The molecule has 20 heavy (non-hydrogen) atoms. The van der Waals surface area contributed by atoms with Crippen molar-refractivity contribution in [2.75, 3.05) is 13.2 Å². The predicted octanol–water partition coefficient (Wildman–Crippen LogP) is 1.44. The van der Waals surface area contributed by atoms with E-state index in [1.165, 1.54) is 24.3 Å². The van der Waals surface area contributed by atoms with Gasteiger partial charge in [0.1, 0.15) is 0 Å². The molecular weight excluding hydrogens is 284 g/mol. The van der Waals surface area contributed by atoms with Crippen molar-refractivity contribution < 1.29 is 18.1 Å². The van der Waals surface area contributed by atoms with E-state index in [9.17, 15) is 18.5 Å². The van der Waals surface area contributed by atoms with Gasteiger partial charge in [-0.15, -0.1) is 0 Å². The zero-order chi connectivity index (χ0) is 14.6. The first-order valence-electron chi connectivity index (χ1n) is 6.35. The summed E-state index contributed by atoms with van der Waals surface area (Å²) in [5.74, 6) is 0. The van der Waals surface area contributed by atoms with Crippen LogP contribution in [0.1, 0.15) is 19.3 Å². The lowest BCUT2D eigenvalue weighted by Crippen LogP contribution is -2.27. The molecule has 1 saturated heterocycles. The molecule has 1 atom stereocenters. The van der Waals surface area contributed by atoms with Gasteiger partial charge in [0.25, 0.3) is 5.69 Å². The Morgan fingerprint density at radius 2 is 2.15 bits per heavy atom. The van der Waals surface area contributed by atoms with Crippen LogP contribution in [0.4, 0.5) is 5.69 Å². The van der Waals surface area contributed by atoms with E-state index in [0.717, 1.165) is 12.8 Å². The molecule has 0 bridgehead atoms. The van der Waals surface area contributed by atoms with Crippen molar-refractivity contribution in [2.24, 2.45) is 0 Å². The number of nitro benzene ring substituents is 1. The topological polar surface area (TPSA) is 98.5 Å². The molecule has 8 heteroatoms. The van der Waals surface area contributed by atoms with Crippen LogP contribution in [0.5, 0.6) is 0 Å². The van der Waals surface area contributed by atoms with Gasteiger partial charge in [-0.3, -0.25) is 10.1 Å². The molecule has 110 valence electrons. The molecule has 1 heterocycles. The Hall–Kier alpha value is -1.51. The van der Waals surface area contributed by atoms with Gasteiger partial charge < -0.3 is 4.74 Å². The maximum Gasteiger partial charge on any atom is 0.289 e. The number of hydrogen-bond acceptors (Lipinski definition) is 5. The van der Waals surface area contributed by atoms with Crippen molar-refractivity contribution >= 4 is 15.7 Å². The molecule has 1 fully saturated rings. The summed E-state index contributed by atoms with van der Waals surface area (Å²) in [5, 5.41) is 10.8. The van der Waals surface area contributed by atoms with E-state index in [1.54, 1.807) is 0 Å². The fourth-order valence-corrected chi connectivity index (χ4v) is 3.36. The van der Waals surface area contributed by atoms with Crippen LogP contribution in [-0.2, 0) is 14.8 Å². The third-order valence-electron chi connectivity index (χ3n) is 3.13. The number of hydrogen-bond donors (Lipinski definition) is 1. The summed E-state index contributed by atoms with van der Waals surface area (Å²) in [6.45, 7) is 0.917. The molecule has 1 unspecified atom stereocenters. The van der Waals surface area contributed by atoms with Crippen LogP contribution in [-0.4, -0.2) is 32.6 Å². The van der Waals surface area contributed by atoms with E-state index in [4.69, 9.17) is 4.74 Å². The maximum atomic E-state index is 12.1. The SMILES string of the molecule is O=[N+]([O-])c1ccccc1S(=O)(=O)NCCC1CCCO1. The average molecular weight is 300 g/mol. The average Bonchev–Trinajstić information content (AvgIpc) is 2.91. The molecule has 0 amide bonds. The van der Waals surface area contributed by atoms with E-state index in [-0.39, 0.29) is 17.5 Å². The maximum absolute atomic E-state index is 12.1. The summed E-state index contributed by atoms with van der Waals surface area (Å²) in [5.41, 5.74) is -0.419. The third kappa shape index (κ3) is 3.53. The highest BCUT2D eigenvalue weighted by Gasteiger charge is 2.25. The Morgan fingerprint density at radius 1 is 1.40 bits per heavy atom. The van der Waals surface area contributed by atoms with Crippen molar-refractivity contribution in [1.29, 1.82) is 0 Å². The summed E-state index contributed by atoms with van der Waals surface area (Å²) in [6.07, 6.45) is 2.55. The number of nitro groups is 1. The number of nitrogens with one attached hydrogen (secondary N) is 1. The fraction of sp³-hybridized carbons (Fsp3) is 0.500. The van der Waals surface area contributed by atoms with Gasteiger partial charge in [-0.05, 0) is 25.3 Å². The summed E-state index contributed by atoms with van der Waals surface area (Å²) in [7, 11) is -3.87. The minimum absolute atomic E-state index is 0.0726. The lowest BCUT2D eigenvalue weighted by atomic mass is 10.2. The number of ether oxygens (including phenoxy) is 1. The molecule has 2 rings (SSSR count). The van der Waals surface area contributed by atoms with E-state index in [1.807, 2.05) is 0 Å². The molecule has 7 nitrogen and oxygen atoms in total. The molecule has 0 saturated carbocycles. The van der Waals surface area contributed by atoms with Gasteiger partial charge in [0.15, 0.2) is 4.90 Å². The number of para-hydroxylation sites is 1. The van der Waals surface area contributed by atoms with Gasteiger partial charge >= 0.3 is 0 Å². The van der Waals surface area contributed by atoms with E-state index >= 15 is 0 Å². The van der Waals surface area contributed by atoms with Crippen LogP contribution >= 0.6 is 0 Å². The second kappa shape index (κ2) is 6.29. The number of sulfonamides is 1. The van der Waals surface area contributed by atoms with Crippen LogP contribution in [0.2, 0.25) is 0 Å². The van der Waals surface area contributed by atoms with Crippen molar-refractivity contribution in [3.05, 3.63) is 34.4 Å². The zero-order valence-corrected chi connectivity index (χ0v) is 11.6. The van der Waals surface area contributed by atoms with Crippen LogP contribution in [0, 0.1) is 10.1 Å². The summed E-state index contributed by atoms with van der Waals surface area (Å²) >= 11 is 0. The molecule has 0 aromatic heterocycles. The highest BCUT2D eigenvalue weighted by molar-refractivity contribution is 7.89. The molecule has 1 aromatic rings. The van der Waals surface area contributed by atoms with Gasteiger partial charge in [0.2, 0.25) is 10.0 Å². The largest absolute Gasteiger partial charge is 0.378 e. The Balaban J connectivity index is 2.04. The lowest BCUT2D eigenvalue weighted by Gasteiger charge is -2.10. The first-order valence-corrected chi connectivity index (χ1v) is 7.84. The number of nitrogens with zero attached hydrogens (tertiary/aromatic N) is 1. The van der Waals surface area contributed by atoms with Crippen LogP contribution in [0.25, 0.3) is 0 Å². The van der Waals surface area contributed by atoms with Gasteiger partial charge in [0.05, 0.1) is 11.0 Å². The second-order valence-corrected chi connectivity index (χ2v) is 6.28. The van der Waals surface area contributed by atoms with E-state index in [2.05, 4.69) is 4.72 Å². The summed E-state index contributed by atoms with van der Waals surface area (Å²) < 4.78 is 31.9. The monoisotopic (exact) mass is 300 g/mol. The number of rotatable bonds is 6. The third-order valence-corrected chi connectivity index (χ3v) is 4.64. The highest BCUT2D eigenvalue weighted by Crippen LogP contribution is 2.22. The fourth-order valence-electron chi connectivity index (χ4n) is 2.14. The van der Waals surface area contributed by atoms with Gasteiger partial charge in [-0.25, -0.2) is 13.1 Å². The highest BCUT2D eigenvalue weighted by atomic mass is 32.2. The Morgan fingerprint density at radius 3 is 2.80 bits per heavy atom. The van der Waals surface area contributed by atoms with Crippen molar-refractivity contribution in [3.63, 3.8) is 0 Å². The molecule has 1 aromatic carbocycles. The molecule has 0 spiro atoms. The lowest BCUT2D eigenvalue weighted by molar-refractivity contribution is -0.387. The standard InChI is InChI=1S/C12H16N2O5S/c15-14(16)11-5-1-2-6-12(11)20(17,18)13-8-7-10-4-3-9-19-10/h1-2,5-6,10,13H,3-4,7-9H2. The summed E-state index contributed by atoms with van der Waals surface area (Å²) in [4.78, 5) is 9.84. The van der Waals surface area contributed by atoms with Gasteiger partial charge in [-0.1, -0.05) is 12.1 Å². The van der Waals surface area contributed by atoms with Crippen LogP contribution < -0.4 is 4.72 Å². The molecule has 1 aliphatic rings. The normalized spacial score (nSPS) is 19.1. The smallest absolute Gasteiger partial charge is 0.289 e. The van der Waals surface area contributed by atoms with Crippen LogP contribution in [0.3, 0.4) is 0 Å².